The number of ether oxygens (including phenoxy) is 1. The third-order valence-corrected chi connectivity index (χ3v) is 5.24. The highest BCUT2D eigenvalue weighted by Gasteiger charge is 2.35. The van der Waals surface area contributed by atoms with Gasteiger partial charge in [0.2, 0.25) is 5.91 Å². The van der Waals surface area contributed by atoms with Crippen LogP contribution in [0.3, 0.4) is 0 Å². The highest BCUT2D eigenvalue weighted by Crippen LogP contribution is 2.28. The minimum absolute atomic E-state index is 0.204. The first-order valence-corrected chi connectivity index (χ1v) is 8.46. The average Bonchev–Trinajstić information content (AvgIpc) is 2.94. The van der Waals surface area contributed by atoms with Crippen LogP contribution in [-0.2, 0) is 9.53 Å². The molecule has 5 nitrogen and oxygen atoms in total. The third-order valence-electron chi connectivity index (χ3n) is 5.24. The van der Waals surface area contributed by atoms with E-state index in [4.69, 9.17) is 4.74 Å². The Hall–Kier alpha value is -0.650. The lowest BCUT2D eigenvalue weighted by Gasteiger charge is -2.39. The fraction of sp³-hybridized carbons (Fsp3) is 0.938. The molecule has 0 aromatic heterocycles. The number of carbonyl (C=O) groups is 1. The number of nitrogens with one attached hydrogen (secondary N) is 1. The van der Waals surface area contributed by atoms with Gasteiger partial charge in [0.1, 0.15) is 0 Å². The third kappa shape index (κ3) is 3.76. The van der Waals surface area contributed by atoms with E-state index < -0.39 is 0 Å². The summed E-state index contributed by atoms with van der Waals surface area (Å²) in [7, 11) is 0. The number of nitrogens with zero attached hydrogens (tertiary/aromatic N) is 2. The van der Waals surface area contributed by atoms with Crippen molar-refractivity contribution in [3.8, 4) is 0 Å². The van der Waals surface area contributed by atoms with E-state index in [1.807, 2.05) is 4.90 Å². The molecular formula is C16H29N3O2. The second-order valence-electron chi connectivity index (χ2n) is 7.25. The summed E-state index contributed by atoms with van der Waals surface area (Å²) in [4.78, 5) is 17.2. The topological polar surface area (TPSA) is 44.8 Å². The molecule has 3 fully saturated rings. The van der Waals surface area contributed by atoms with Gasteiger partial charge in [0.15, 0.2) is 0 Å². The molecule has 1 amide bonds. The molecule has 21 heavy (non-hydrogen) atoms. The maximum Gasteiger partial charge on any atom is 0.227 e. The quantitative estimate of drug-likeness (QED) is 0.826. The van der Waals surface area contributed by atoms with Crippen molar-refractivity contribution in [3.05, 3.63) is 0 Å². The standard InChI is InChI=1S/C16H29N3O2/c1-16(4-5-17-12-16)13-18-6-2-3-14(11-18)15(20)19-7-9-21-10-8-19/h14,17H,2-13H2,1H3. The van der Waals surface area contributed by atoms with Crippen molar-refractivity contribution in [2.45, 2.75) is 26.2 Å². The number of carbonyl (C=O) groups excluding carboxylic acids is 1. The summed E-state index contributed by atoms with van der Waals surface area (Å²) in [5.74, 6) is 0.563. The molecule has 2 atom stereocenters. The second kappa shape index (κ2) is 6.63. The van der Waals surface area contributed by atoms with E-state index in [0.29, 0.717) is 24.5 Å². The van der Waals surface area contributed by atoms with E-state index in [1.165, 1.54) is 6.42 Å². The minimum atomic E-state index is 0.204. The van der Waals surface area contributed by atoms with Gasteiger partial charge < -0.3 is 19.9 Å². The van der Waals surface area contributed by atoms with E-state index in [-0.39, 0.29) is 5.92 Å². The highest BCUT2D eigenvalue weighted by atomic mass is 16.5. The summed E-state index contributed by atoms with van der Waals surface area (Å²) in [6.45, 7) is 10.8. The second-order valence-corrected chi connectivity index (χ2v) is 7.25. The number of likely N-dealkylation sites (tertiary alicyclic amines) is 1. The maximum absolute atomic E-state index is 12.6. The molecule has 0 spiro atoms. The first kappa shape index (κ1) is 15.3. The van der Waals surface area contributed by atoms with Crippen LogP contribution in [0.4, 0.5) is 0 Å². The van der Waals surface area contributed by atoms with Gasteiger partial charge in [-0.3, -0.25) is 4.79 Å². The van der Waals surface area contributed by atoms with Crippen LogP contribution in [0.1, 0.15) is 26.2 Å². The number of rotatable bonds is 3. The van der Waals surface area contributed by atoms with Gasteiger partial charge in [0.25, 0.3) is 0 Å². The first-order valence-electron chi connectivity index (χ1n) is 8.46. The van der Waals surface area contributed by atoms with Gasteiger partial charge in [-0.05, 0) is 37.8 Å². The maximum atomic E-state index is 12.6. The smallest absolute Gasteiger partial charge is 0.227 e. The van der Waals surface area contributed by atoms with Crippen LogP contribution < -0.4 is 5.32 Å². The van der Waals surface area contributed by atoms with Crippen molar-refractivity contribution in [1.29, 1.82) is 0 Å². The summed E-state index contributed by atoms with van der Waals surface area (Å²) in [5.41, 5.74) is 0.393. The molecule has 0 bridgehead atoms. The number of morpholine rings is 1. The van der Waals surface area contributed by atoms with Crippen LogP contribution in [0.5, 0.6) is 0 Å². The average molecular weight is 295 g/mol. The molecule has 0 radical (unpaired) electrons. The number of piperidine rings is 1. The molecule has 3 heterocycles. The van der Waals surface area contributed by atoms with Crippen molar-refractivity contribution in [2.24, 2.45) is 11.3 Å². The molecule has 120 valence electrons. The van der Waals surface area contributed by atoms with E-state index in [1.54, 1.807) is 0 Å². The van der Waals surface area contributed by atoms with Crippen LogP contribution in [0, 0.1) is 11.3 Å². The van der Waals surface area contributed by atoms with Gasteiger partial charge >= 0.3 is 0 Å². The molecule has 3 rings (SSSR count). The van der Waals surface area contributed by atoms with Crippen LogP contribution in [-0.4, -0.2) is 74.7 Å². The van der Waals surface area contributed by atoms with Crippen molar-refractivity contribution < 1.29 is 9.53 Å². The summed E-state index contributed by atoms with van der Waals surface area (Å²) in [5, 5.41) is 3.47. The zero-order chi connectivity index (χ0) is 14.7. The zero-order valence-corrected chi connectivity index (χ0v) is 13.3. The van der Waals surface area contributed by atoms with Gasteiger partial charge in [-0.25, -0.2) is 0 Å². The van der Waals surface area contributed by atoms with Crippen molar-refractivity contribution in [3.63, 3.8) is 0 Å². The summed E-state index contributed by atoms with van der Waals surface area (Å²) < 4.78 is 5.35. The SMILES string of the molecule is CC1(CN2CCCC(C(=O)N3CCOCC3)C2)CCNC1. The Labute approximate surface area is 128 Å². The fourth-order valence-electron chi connectivity index (χ4n) is 3.99. The lowest BCUT2D eigenvalue weighted by atomic mass is 9.87. The van der Waals surface area contributed by atoms with Gasteiger partial charge in [-0.15, -0.1) is 0 Å². The number of hydrogen-bond acceptors (Lipinski definition) is 4. The lowest BCUT2D eigenvalue weighted by molar-refractivity contribution is -0.141. The Morgan fingerprint density at radius 1 is 1.33 bits per heavy atom. The van der Waals surface area contributed by atoms with Gasteiger partial charge in [-0.2, -0.15) is 0 Å². The lowest BCUT2D eigenvalue weighted by Crippen LogP contribution is -2.50. The molecular weight excluding hydrogens is 266 g/mol. The largest absolute Gasteiger partial charge is 0.378 e. The van der Waals surface area contributed by atoms with Gasteiger partial charge in [-0.1, -0.05) is 6.92 Å². The minimum Gasteiger partial charge on any atom is -0.378 e. The Bertz CT molecular complexity index is 363. The van der Waals surface area contributed by atoms with Crippen molar-refractivity contribution in [1.82, 2.24) is 15.1 Å². The van der Waals surface area contributed by atoms with E-state index >= 15 is 0 Å². The van der Waals surface area contributed by atoms with Crippen molar-refractivity contribution in [2.75, 3.05) is 59.0 Å². The summed E-state index contributed by atoms with van der Waals surface area (Å²) >= 11 is 0. The predicted octanol–water partition coefficient (Wildman–Crippen LogP) is 0.557. The molecule has 3 aliphatic heterocycles. The van der Waals surface area contributed by atoms with Crippen LogP contribution in [0.15, 0.2) is 0 Å². The van der Waals surface area contributed by atoms with E-state index in [0.717, 1.165) is 58.7 Å². The van der Waals surface area contributed by atoms with Gasteiger partial charge in [0, 0.05) is 32.7 Å². The number of amides is 1. The molecule has 3 aliphatic rings. The van der Waals surface area contributed by atoms with Crippen LogP contribution in [0.25, 0.3) is 0 Å². The first-order chi connectivity index (χ1) is 10.2. The van der Waals surface area contributed by atoms with E-state index in [2.05, 4.69) is 17.1 Å². The van der Waals surface area contributed by atoms with E-state index in [9.17, 15) is 4.79 Å². The monoisotopic (exact) mass is 295 g/mol. The molecule has 3 saturated heterocycles. The van der Waals surface area contributed by atoms with Crippen LogP contribution in [0.2, 0.25) is 0 Å². The Kier molecular flexibility index (Phi) is 4.82. The molecule has 2 unspecified atom stereocenters. The van der Waals surface area contributed by atoms with Crippen molar-refractivity contribution >= 4 is 5.91 Å². The van der Waals surface area contributed by atoms with Crippen LogP contribution >= 0.6 is 0 Å². The number of hydrogen-bond donors (Lipinski definition) is 1. The molecule has 5 heteroatoms. The summed E-state index contributed by atoms with van der Waals surface area (Å²) in [6.07, 6.45) is 3.47. The Balaban J connectivity index is 1.53. The fourth-order valence-corrected chi connectivity index (χ4v) is 3.99. The molecule has 0 saturated carbocycles. The Morgan fingerprint density at radius 3 is 2.86 bits per heavy atom. The normalized spacial score (nSPS) is 35.1. The summed E-state index contributed by atoms with van der Waals surface area (Å²) in [6, 6.07) is 0. The predicted molar refractivity (Wildman–Crippen MR) is 82.2 cm³/mol. The molecule has 1 N–H and O–H groups in total. The Morgan fingerprint density at radius 2 is 2.14 bits per heavy atom. The molecule has 0 aliphatic carbocycles. The molecule has 0 aromatic rings. The van der Waals surface area contributed by atoms with Gasteiger partial charge in [0.05, 0.1) is 19.1 Å². The molecule has 0 aromatic carbocycles. The highest BCUT2D eigenvalue weighted by molar-refractivity contribution is 5.79. The zero-order valence-electron chi connectivity index (χ0n) is 13.3.